The van der Waals surface area contributed by atoms with Crippen LogP contribution < -0.4 is 5.32 Å². The number of para-hydroxylation sites is 1. The van der Waals surface area contributed by atoms with E-state index in [1.54, 1.807) is 24.3 Å². The number of hydrogen-bond acceptors (Lipinski definition) is 3. The lowest BCUT2D eigenvalue weighted by molar-refractivity contribution is -0.133. The number of Topliss-reactive ketones (excluding diaryl/α,β-unsaturated/α-hetero) is 1. The maximum absolute atomic E-state index is 13.1. The summed E-state index contributed by atoms with van der Waals surface area (Å²) >= 11 is 0. The third-order valence-corrected chi connectivity index (χ3v) is 5.69. The van der Waals surface area contributed by atoms with Crippen molar-refractivity contribution in [2.75, 3.05) is 5.32 Å². The number of benzene rings is 2. The van der Waals surface area contributed by atoms with Gasteiger partial charge in [0.25, 0.3) is 5.91 Å². The minimum Gasteiger partial charge on any atom is -0.375 e. The molecule has 0 radical (unpaired) electrons. The van der Waals surface area contributed by atoms with Crippen LogP contribution in [0.4, 0.5) is 5.69 Å². The van der Waals surface area contributed by atoms with Crippen LogP contribution in [0.5, 0.6) is 0 Å². The van der Waals surface area contributed by atoms with Crippen molar-refractivity contribution in [3.05, 3.63) is 63.2 Å². The highest BCUT2D eigenvalue weighted by atomic mass is 16.3. The van der Waals surface area contributed by atoms with Crippen molar-refractivity contribution in [1.82, 2.24) is 0 Å². The number of aliphatic hydroxyl groups is 1. The molecule has 4 heteroatoms. The van der Waals surface area contributed by atoms with Crippen molar-refractivity contribution in [3.63, 3.8) is 0 Å². The van der Waals surface area contributed by atoms with E-state index in [1.165, 1.54) is 5.56 Å². The Morgan fingerprint density at radius 3 is 2.08 bits per heavy atom. The predicted octanol–water partition coefficient (Wildman–Crippen LogP) is 3.64. The number of anilines is 1. The minimum absolute atomic E-state index is 0.212. The third-order valence-electron chi connectivity index (χ3n) is 5.69. The largest absolute Gasteiger partial charge is 0.375 e. The molecule has 1 aliphatic rings. The Kier molecular flexibility index (Phi) is 4.04. The number of carbonyl (C=O) groups excluding carboxylic acids is 2. The van der Waals surface area contributed by atoms with E-state index >= 15 is 0 Å². The monoisotopic (exact) mass is 337 g/mol. The predicted molar refractivity (Wildman–Crippen MR) is 98.0 cm³/mol. The van der Waals surface area contributed by atoms with Crippen molar-refractivity contribution in [2.24, 2.45) is 0 Å². The molecule has 4 nitrogen and oxygen atoms in total. The van der Waals surface area contributed by atoms with Crippen LogP contribution in [0.25, 0.3) is 0 Å². The number of ketones is 1. The van der Waals surface area contributed by atoms with Gasteiger partial charge >= 0.3 is 0 Å². The second-order valence-electron chi connectivity index (χ2n) is 6.96. The van der Waals surface area contributed by atoms with Crippen LogP contribution in [0, 0.1) is 34.6 Å². The highest BCUT2D eigenvalue weighted by molar-refractivity contribution is 6.10. The summed E-state index contributed by atoms with van der Waals surface area (Å²) < 4.78 is 0. The van der Waals surface area contributed by atoms with Crippen LogP contribution in [-0.4, -0.2) is 16.8 Å². The van der Waals surface area contributed by atoms with Crippen molar-refractivity contribution >= 4 is 17.4 Å². The van der Waals surface area contributed by atoms with Gasteiger partial charge in [-0.15, -0.1) is 0 Å². The summed E-state index contributed by atoms with van der Waals surface area (Å²) in [7, 11) is 0. The van der Waals surface area contributed by atoms with E-state index in [1.807, 2.05) is 34.6 Å². The van der Waals surface area contributed by atoms with E-state index < -0.39 is 11.5 Å². The molecule has 130 valence electrons. The zero-order chi connectivity index (χ0) is 18.5. The molecule has 1 unspecified atom stereocenters. The normalized spacial score (nSPS) is 18.9. The highest BCUT2D eigenvalue weighted by Crippen LogP contribution is 2.39. The average Bonchev–Trinajstić information content (AvgIpc) is 2.82. The van der Waals surface area contributed by atoms with Crippen LogP contribution in [0.3, 0.4) is 0 Å². The third kappa shape index (κ3) is 2.48. The van der Waals surface area contributed by atoms with Gasteiger partial charge in [-0.2, -0.15) is 0 Å². The first-order chi connectivity index (χ1) is 11.7. The molecule has 0 aromatic heterocycles. The average molecular weight is 337 g/mol. The van der Waals surface area contributed by atoms with E-state index in [-0.39, 0.29) is 12.2 Å². The number of rotatable bonds is 3. The summed E-state index contributed by atoms with van der Waals surface area (Å²) in [6.07, 6.45) is -0.264. The molecule has 0 spiro atoms. The molecule has 25 heavy (non-hydrogen) atoms. The molecule has 2 N–H and O–H groups in total. The van der Waals surface area contributed by atoms with Crippen molar-refractivity contribution in [3.8, 4) is 0 Å². The van der Waals surface area contributed by atoms with Crippen LogP contribution in [-0.2, 0) is 10.4 Å². The lowest BCUT2D eigenvalue weighted by atomic mass is 9.82. The summed E-state index contributed by atoms with van der Waals surface area (Å²) in [4.78, 5) is 25.4. The van der Waals surface area contributed by atoms with Gasteiger partial charge in [-0.25, -0.2) is 0 Å². The fraction of sp³-hybridized carbons (Fsp3) is 0.333. The quantitative estimate of drug-likeness (QED) is 0.840. The molecule has 1 atom stereocenters. The first-order valence-corrected chi connectivity index (χ1v) is 8.42. The van der Waals surface area contributed by atoms with Gasteiger partial charge in [0, 0.05) is 16.8 Å². The second kappa shape index (κ2) is 5.81. The van der Waals surface area contributed by atoms with Crippen LogP contribution in [0.2, 0.25) is 0 Å². The molecule has 2 aromatic rings. The molecule has 2 aromatic carbocycles. The highest BCUT2D eigenvalue weighted by Gasteiger charge is 2.46. The minimum atomic E-state index is -1.82. The SMILES string of the molecule is Cc1c(C)c(C)c(C(=O)CC2(O)C(=O)Nc3ccccc32)c(C)c1C. The maximum atomic E-state index is 13.1. The van der Waals surface area contributed by atoms with E-state index in [9.17, 15) is 14.7 Å². The topological polar surface area (TPSA) is 66.4 Å². The molecule has 0 fully saturated rings. The Morgan fingerprint density at radius 2 is 1.48 bits per heavy atom. The van der Waals surface area contributed by atoms with Gasteiger partial charge in [-0.3, -0.25) is 9.59 Å². The van der Waals surface area contributed by atoms with Gasteiger partial charge < -0.3 is 10.4 Å². The van der Waals surface area contributed by atoms with Crippen LogP contribution >= 0.6 is 0 Å². The number of fused-ring (bicyclic) bond motifs is 1. The summed E-state index contributed by atoms with van der Waals surface area (Å²) in [5.74, 6) is -0.756. The Balaban J connectivity index is 2.06. The molecular formula is C21H23NO3. The number of carbonyl (C=O) groups is 2. The van der Waals surface area contributed by atoms with Gasteiger partial charge in [0.1, 0.15) is 0 Å². The molecule has 1 aliphatic heterocycles. The fourth-order valence-electron chi connectivity index (χ4n) is 3.72. The van der Waals surface area contributed by atoms with E-state index in [0.717, 1.165) is 22.3 Å². The van der Waals surface area contributed by atoms with Crippen LogP contribution in [0.1, 0.15) is 50.2 Å². The van der Waals surface area contributed by atoms with Crippen LogP contribution in [0.15, 0.2) is 24.3 Å². The van der Waals surface area contributed by atoms with Gasteiger partial charge in [0.2, 0.25) is 0 Å². The summed E-state index contributed by atoms with van der Waals surface area (Å²) in [6.45, 7) is 9.90. The fourth-order valence-corrected chi connectivity index (χ4v) is 3.72. The lowest BCUT2D eigenvalue weighted by Gasteiger charge is -2.23. The molecule has 0 bridgehead atoms. The van der Waals surface area contributed by atoms with Gasteiger partial charge in [0.05, 0.1) is 6.42 Å². The Hall–Kier alpha value is -2.46. The standard InChI is InChI=1S/C21H23NO3/c1-11-12(2)14(4)19(15(5)13(11)3)18(23)10-21(25)16-8-6-7-9-17(16)22-20(21)24/h6-9,25H,10H2,1-5H3,(H,22,24). The molecule has 1 heterocycles. The smallest absolute Gasteiger partial charge is 0.261 e. The van der Waals surface area contributed by atoms with Gasteiger partial charge in [0.15, 0.2) is 11.4 Å². The van der Waals surface area contributed by atoms with Crippen molar-refractivity contribution in [2.45, 2.75) is 46.6 Å². The molecule has 0 saturated carbocycles. The summed E-state index contributed by atoms with van der Waals surface area (Å²) in [5.41, 5.74) is 4.99. The van der Waals surface area contributed by atoms with E-state index in [0.29, 0.717) is 16.8 Å². The van der Waals surface area contributed by atoms with Crippen molar-refractivity contribution in [1.29, 1.82) is 0 Å². The second-order valence-corrected chi connectivity index (χ2v) is 6.96. The summed E-state index contributed by atoms with van der Waals surface area (Å²) in [6, 6.07) is 6.96. The molecular weight excluding hydrogens is 314 g/mol. The Bertz CT molecular complexity index is 885. The Labute approximate surface area is 147 Å². The zero-order valence-corrected chi connectivity index (χ0v) is 15.3. The number of nitrogens with one attached hydrogen (secondary N) is 1. The molecule has 0 saturated heterocycles. The zero-order valence-electron chi connectivity index (χ0n) is 15.3. The molecule has 1 amide bonds. The molecule has 3 rings (SSSR count). The summed E-state index contributed by atoms with van der Waals surface area (Å²) in [5, 5.41) is 13.7. The first kappa shape index (κ1) is 17.4. The Morgan fingerprint density at radius 1 is 0.960 bits per heavy atom. The van der Waals surface area contributed by atoms with Gasteiger partial charge in [-0.05, 0) is 68.5 Å². The van der Waals surface area contributed by atoms with Gasteiger partial charge in [-0.1, -0.05) is 18.2 Å². The van der Waals surface area contributed by atoms with Crippen molar-refractivity contribution < 1.29 is 14.7 Å². The number of amides is 1. The first-order valence-electron chi connectivity index (χ1n) is 8.42. The number of hydrogen-bond donors (Lipinski definition) is 2. The maximum Gasteiger partial charge on any atom is 0.261 e. The molecule has 0 aliphatic carbocycles. The van der Waals surface area contributed by atoms with E-state index in [2.05, 4.69) is 5.32 Å². The van der Waals surface area contributed by atoms with E-state index in [4.69, 9.17) is 0 Å². The lowest BCUT2D eigenvalue weighted by Crippen LogP contribution is -2.36.